The molecule has 2 aromatic heterocycles. The smallest absolute Gasteiger partial charge is 0.239 e. The Kier molecular flexibility index (Phi) is 5.60. The number of nitrogens with one attached hydrogen (secondary N) is 2. The van der Waals surface area contributed by atoms with Crippen LogP contribution in [0.3, 0.4) is 0 Å². The van der Waals surface area contributed by atoms with Crippen LogP contribution in [0.1, 0.15) is 22.8 Å². The first kappa shape index (κ1) is 17.1. The second-order valence-corrected chi connectivity index (χ2v) is 7.20. The van der Waals surface area contributed by atoms with Crippen LogP contribution in [0.5, 0.6) is 0 Å². The molecule has 1 fully saturated rings. The standard InChI is InChI=1S/C16H23N5O2S/c1-11-5-15(20-23-11)19-16(22)9-21(7-13-3-4-17-6-13)8-14-12(2)18-10-24-14/h5,10,13,17H,3-4,6-9H2,1-2H3,(H,19,20,22)/t13-/m0/s1. The van der Waals surface area contributed by atoms with E-state index < -0.39 is 0 Å². The molecule has 24 heavy (non-hydrogen) atoms. The zero-order valence-corrected chi connectivity index (χ0v) is 14.9. The predicted molar refractivity (Wildman–Crippen MR) is 93.0 cm³/mol. The summed E-state index contributed by atoms with van der Waals surface area (Å²) in [6.45, 7) is 7.87. The first-order chi connectivity index (χ1) is 11.6. The molecular formula is C16H23N5O2S. The molecule has 1 aliphatic heterocycles. The molecule has 0 spiro atoms. The van der Waals surface area contributed by atoms with Crippen LogP contribution in [-0.2, 0) is 11.3 Å². The van der Waals surface area contributed by atoms with Crippen molar-refractivity contribution >= 4 is 23.1 Å². The van der Waals surface area contributed by atoms with Crippen molar-refractivity contribution in [3.8, 4) is 0 Å². The van der Waals surface area contributed by atoms with Crippen molar-refractivity contribution in [1.29, 1.82) is 0 Å². The molecule has 1 atom stereocenters. The van der Waals surface area contributed by atoms with Gasteiger partial charge in [-0.05, 0) is 39.3 Å². The fourth-order valence-electron chi connectivity index (χ4n) is 2.91. The lowest BCUT2D eigenvalue weighted by molar-refractivity contribution is -0.117. The molecule has 1 saturated heterocycles. The number of hydrogen-bond acceptors (Lipinski definition) is 7. The van der Waals surface area contributed by atoms with Crippen LogP contribution in [0.25, 0.3) is 0 Å². The van der Waals surface area contributed by atoms with Gasteiger partial charge in [0.15, 0.2) is 5.82 Å². The van der Waals surface area contributed by atoms with Gasteiger partial charge in [0, 0.05) is 24.0 Å². The largest absolute Gasteiger partial charge is 0.360 e. The van der Waals surface area contributed by atoms with E-state index in [9.17, 15) is 4.79 Å². The molecule has 3 rings (SSSR count). The van der Waals surface area contributed by atoms with Gasteiger partial charge in [-0.1, -0.05) is 5.16 Å². The van der Waals surface area contributed by atoms with Gasteiger partial charge in [-0.2, -0.15) is 0 Å². The average molecular weight is 349 g/mol. The Labute approximate surface area is 145 Å². The normalized spacial score (nSPS) is 17.5. The number of amides is 1. The Hall–Kier alpha value is -1.77. The van der Waals surface area contributed by atoms with E-state index in [0.29, 0.717) is 24.0 Å². The van der Waals surface area contributed by atoms with E-state index in [0.717, 1.165) is 38.3 Å². The summed E-state index contributed by atoms with van der Waals surface area (Å²) in [5, 5.41) is 10.00. The van der Waals surface area contributed by atoms with Gasteiger partial charge in [-0.25, -0.2) is 4.98 Å². The number of nitrogens with zero attached hydrogens (tertiary/aromatic N) is 3. The molecule has 8 heteroatoms. The number of aromatic nitrogens is 2. The minimum atomic E-state index is -0.0728. The molecule has 0 unspecified atom stereocenters. The highest BCUT2D eigenvalue weighted by atomic mass is 32.1. The molecule has 3 heterocycles. The summed E-state index contributed by atoms with van der Waals surface area (Å²) in [6, 6.07) is 1.72. The summed E-state index contributed by atoms with van der Waals surface area (Å²) in [5.41, 5.74) is 2.90. The van der Waals surface area contributed by atoms with Crippen LogP contribution < -0.4 is 10.6 Å². The molecule has 130 valence electrons. The molecule has 0 bridgehead atoms. The summed E-state index contributed by atoms with van der Waals surface area (Å²) in [7, 11) is 0. The molecule has 2 N–H and O–H groups in total. The number of thiazole rings is 1. The van der Waals surface area contributed by atoms with E-state index in [1.807, 2.05) is 12.4 Å². The van der Waals surface area contributed by atoms with Crippen molar-refractivity contribution in [2.75, 3.05) is 31.5 Å². The van der Waals surface area contributed by atoms with Crippen LogP contribution in [0.15, 0.2) is 16.1 Å². The topological polar surface area (TPSA) is 83.3 Å². The van der Waals surface area contributed by atoms with Crippen LogP contribution in [0.4, 0.5) is 5.82 Å². The van der Waals surface area contributed by atoms with E-state index in [4.69, 9.17) is 4.52 Å². The molecule has 0 radical (unpaired) electrons. The van der Waals surface area contributed by atoms with Crippen molar-refractivity contribution in [1.82, 2.24) is 20.4 Å². The van der Waals surface area contributed by atoms with Crippen LogP contribution in [-0.4, -0.2) is 47.1 Å². The Balaban J connectivity index is 1.61. The third kappa shape index (κ3) is 4.62. The van der Waals surface area contributed by atoms with Crippen molar-refractivity contribution in [2.45, 2.75) is 26.8 Å². The number of carbonyl (C=O) groups is 1. The zero-order valence-electron chi connectivity index (χ0n) is 14.0. The minimum absolute atomic E-state index is 0.0728. The maximum Gasteiger partial charge on any atom is 0.239 e. The third-order valence-corrected chi connectivity index (χ3v) is 5.07. The highest BCUT2D eigenvalue weighted by Crippen LogP contribution is 2.18. The SMILES string of the molecule is Cc1cc(NC(=O)CN(Cc2scnc2C)C[C@H]2CCNC2)no1. The number of anilines is 1. The summed E-state index contributed by atoms with van der Waals surface area (Å²) in [6.07, 6.45) is 1.16. The Morgan fingerprint density at radius 1 is 1.54 bits per heavy atom. The molecular weight excluding hydrogens is 326 g/mol. The van der Waals surface area contributed by atoms with E-state index in [-0.39, 0.29) is 5.91 Å². The van der Waals surface area contributed by atoms with Gasteiger partial charge in [0.05, 0.1) is 17.7 Å². The number of rotatable bonds is 7. The van der Waals surface area contributed by atoms with E-state index in [1.165, 1.54) is 4.88 Å². The zero-order chi connectivity index (χ0) is 16.9. The molecule has 7 nitrogen and oxygen atoms in total. The van der Waals surface area contributed by atoms with Gasteiger partial charge in [-0.15, -0.1) is 11.3 Å². The summed E-state index contributed by atoms with van der Waals surface area (Å²) in [4.78, 5) is 20.1. The monoisotopic (exact) mass is 349 g/mol. The summed E-state index contributed by atoms with van der Waals surface area (Å²) >= 11 is 1.64. The van der Waals surface area contributed by atoms with Crippen molar-refractivity contribution < 1.29 is 9.32 Å². The molecule has 1 amide bonds. The number of aryl methyl sites for hydroxylation is 2. The lowest BCUT2D eigenvalue weighted by atomic mass is 10.1. The van der Waals surface area contributed by atoms with E-state index >= 15 is 0 Å². The Bertz CT molecular complexity index is 678. The fraction of sp³-hybridized carbons (Fsp3) is 0.562. The molecule has 1 aliphatic rings. The lowest BCUT2D eigenvalue weighted by Gasteiger charge is -2.24. The summed E-state index contributed by atoms with van der Waals surface area (Å²) < 4.78 is 4.99. The maximum atomic E-state index is 12.4. The summed E-state index contributed by atoms with van der Waals surface area (Å²) in [5.74, 6) is 1.66. The minimum Gasteiger partial charge on any atom is -0.360 e. The van der Waals surface area contributed by atoms with Gasteiger partial charge in [-0.3, -0.25) is 9.69 Å². The van der Waals surface area contributed by atoms with Crippen LogP contribution >= 0.6 is 11.3 Å². The average Bonchev–Trinajstić information content (AvgIpc) is 3.25. The van der Waals surface area contributed by atoms with Crippen molar-refractivity contribution in [2.24, 2.45) is 5.92 Å². The highest BCUT2D eigenvalue weighted by molar-refractivity contribution is 7.09. The Morgan fingerprint density at radius 3 is 3.04 bits per heavy atom. The lowest BCUT2D eigenvalue weighted by Crippen LogP contribution is -2.36. The second-order valence-electron chi connectivity index (χ2n) is 6.26. The van der Waals surface area contributed by atoms with E-state index in [1.54, 1.807) is 24.3 Å². The first-order valence-corrected chi connectivity index (χ1v) is 9.03. The molecule has 0 aromatic carbocycles. The van der Waals surface area contributed by atoms with E-state index in [2.05, 4.69) is 25.7 Å². The Morgan fingerprint density at radius 2 is 2.42 bits per heavy atom. The second kappa shape index (κ2) is 7.87. The molecule has 0 aliphatic carbocycles. The van der Waals surface area contributed by atoms with Crippen molar-refractivity contribution in [3.63, 3.8) is 0 Å². The van der Waals surface area contributed by atoms with Crippen LogP contribution in [0, 0.1) is 19.8 Å². The third-order valence-electron chi connectivity index (χ3n) is 4.15. The van der Waals surface area contributed by atoms with Crippen LogP contribution in [0.2, 0.25) is 0 Å². The van der Waals surface area contributed by atoms with Gasteiger partial charge in [0.1, 0.15) is 5.76 Å². The van der Waals surface area contributed by atoms with Gasteiger partial charge in [0.25, 0.3) is 0 Å². The van der Waals surface area contributed by atoms with Gasteiger partial charge >= 0.3 is 0 Å². The quantitative estimate of drug-likeness (QED) is 0.793. The van der Waals surface area contributed by atoms with Crippen molar-refractivity contribution in [3.05, 3.63) is 27.9 Å². The van der Waals surface area contributed by atoms with Gasteiger partial charge < -0.3 is 15.2 Å². The number of carbonyl (C=O) groups excluding carboxylic acids is 1. The molecule has 2 aromatic rings. The first-order valence-electron chi connectivity index (χ1n) is 8.15. The highest BCUT2D eigenvalue weighted by Gasteiger charge is 2.21. The maximum absolute atomic E-state index is 12.4. The van der Waals surface area contributed by atoms with Gasteiger partial charge in [0.2, 0.25) is 5.91 Å². The number of hydrogen-bond donors (Lipinski definition) is 2. The molecule has 0 saturated carbocycles. The predicted octanol–water partition coefficient (Wildman–Crippen LogP) is 1.80. The fourth-order valence-corrected chi connectivity index (χ4v) is 3.73.